The highest BCUT2D eigenvalue weighted by atomic mass is 19.1. The molecule has 30 heavy (non-hydrogen) atoms. The molecule has 3 aromatic carbocycles. The Hall–Kier alpha value is -2.98. The summed E-state index contributed by atoms with van der Waals surface area (Å²) in [6, 6.07) is 22.7. The van der Waals surface area contributed by atoms with Crippen molar-refractivity contribution in [3.63, 3.8) is 0 Å². The van der Waals surface area contributed by atoms with Crippen LogP contribution in [-0.4, -0.2) is 13.0 Å². The highest BCUT2D eigenvalue weighted by Crippen LogP contribution is 2.26. The molecular formula is C26H29FN2O. The van der Waals surface area contributed by atoms with E-state index in [1.807, 2.05) is 36.4 Å². The first-order chi connectivity index (χ1) is 14.5. The SMILES string of the molecule is CNC(=O)C(N[C@H](CCc1ccc(C)cc1)c1ccc(F)c(C)c1)c1ccccc1. The van der Waals surface area contributed by atoms with Crippen LogP contribution in [0.2, 0.25) is 0 Å². The third-order valence-corrected chi connectivity index (χ3v) is 5.44. The summed E-state index contributed by atoms with van der Waals surface area (Å²) in [5.74, 6) is -0.317. The molecule has 0 saturated heterocycles. The van der Waals surface area contributed by atoms with Crippen molar-refractivity contribution in [2.24, 2.45) is 0 Å². The van der Waals surface area contributed by atoms with Crippen molar-refractivity contribution in [2.75, 3.05) is 7.05 Å². The highest BCUT2D eigenvalue weighted by molar-refractivity contribution is 5.83. The lowest BCUT2D eigenvalue weighted by molar-refractivity contribution is -0.123. The van der Waals surface area contributed by atoms with Gasteiger partial charge in [0, 0.05) is 13.1 Å². The second kappa shape index (κ2) is 10.2. The van der Waals surface area contributed by atoms with Gasteiger partial charge in [0.15, 0.2) is 0 Å². The van der Waals surface area contributed by atoms with E-state index < -0.39 is 6.04 Å². The predicted octanol–water partition coefficient (Wildman–Crippen LogP) is 5.19. The number of amides is 1. The molecule has 0 aliphatic carbocycles. The molecule has 0 heterocycles. The molecule has 0 radical (unpaired) electrons. The monoisotopic (exact) mass is 404 g/mol. The molecule has 2 atom stereocenters. The fourth-order valence-electron chi connectivity index (χ4n) is 3.61. The Morgan fingerprint density at radius 1 is 0.933 bits per heavy atom. The van der Waals surface area contributed by atoms with Gasteiger partial charge in [0.2, 0.25) is 5.91 Å². The average molecular weight is 405 g/mol. The van der Waals surface area contributed by atoms with Crippen LogP contribution in [0, 0.1) is 19.7 Å². The van der Waals surface area contributed by atoms with Gasteiger partial charge in [-0.2, -0.15) is 0 Å². The van der Waals surface area contributed by atoms with E-state index in [1.165, 1.54) is 17.2 Å². The number of hydrogen-bond acceptors (Lipinski definition) is 2. The maximum absolute atomic E-state index is 13.9. The Bertz CT molecular complexity index is 970. The lowest BCUT2D eigenvalue weighted by atomic mass is 9.95. The van der Waals surface area contributed by atoms with Crippen molar-refractivity contribution in [1.29, 1.82) is 0 Å². The molecule has 1 unspecified atom stereocenters. The second-order valence-corrected chi connectivity index (χ2v) is 7.71. The zero-order valence-corrected chi connectivity index (χ0v) is 17.8. The molecule has 3 nitrogen and oxygen atoms in total. The number of rotatable bonds is 8. The van der Waals surface area contributed by atoms with Crippen LogP contribution in [-0.2, 0) is 11.2 Å². The van der Waals surface area contributed by atoms with Gasteiger partial charge in [-0.1, -0.05) is 72.3 Å². The van der Waals surface area contributed by atoms with Crippen molar-refractivity contribution in [3.8, 4) is 0 Å². The Balaban J connectivity index is 1.89. The van der Waals surface area contributed by atoms with Crippen molar-refractivity contribution in [3.05, 3.63) is 106 Å². The maximum Gasteiger partial charge on any atom is 0.241 e. The van der Waals surface area contributed by atoms with E-state index in [1.54, 1.807) is 20.0 Å². The molecule has 0 spiro atoms. The number of carbonyl (C=O) groups is 1. The van der Waals surface area contributed by atoms with E-state index >= 15 is 0 Å². The van der Waals surface area contributed by atoms with Gasteiger partial charge in [-0.3, -0.25) is 10.1 Å². The standard InChI is InChI=1S/C26H29FN2O/c1-18-9-11-20(12-10-18)13-16-24(22-14-15-23(27)19(2)17-22)29-25(26(30)28-3)21-7-5-4-6-8-21/h4-12,14-15,17,24-25,29H,13,16H2,1-3H3,(H,28,30)/t24-,25?/m1/s1. The highest BCUT2D eigenvalue weighted by Gasteiger charge is 2.24. The average Bonchev–Trinajstić information content (AvgIpc) is 2.77. The van der Waals surface area contributed by atoms with Crippen LogP contribution in [0.1, 0.15) is 46.3 Å². The Labute approximate surface area is 178 Å². The minimum Gasteiger partial charge on any atom is -0.358 e. The summed E-state index contributed by atoms with van der Waals surface area (Å²) in [5, 5.41) is 6.29. The van der Waals surface area contributed by atoms with Crippen LogP contribution < -0.4 is 10.6 Å². The van der Waals surface area contributed by atoms with Crippen LogP contribution >= 0.6 is 0 Å². The second-order valence-electron chi connectivity index (χ2n) is 7.71. The fraction of sp³-hybridized carbons (Fsp3) is 0.269. The molecule has 156 valence electrons. The van der Waals surface area contributed by atoms with E-state index in [9.17, 15) is 9.18 Å². The van der Waals surface area contributed by atoms with Gasteiger partial charge in [-0.25, -0.2) is 4.39 Å². The van der Waals surface area contributed by atoms with Crippen LogP contribution in [0.5, 0.6) is 0 Å². The molecule has 0 bridgehead atoms. The van der Waals surface area contributed by atoms with Crippen LogP contribution in [0.4, 0.5) is 4.39 Å². The summed E-state index contributed by atoms with van der Waals surface area (Å²) in [6.07, 6.45) is 1.64. The van der Waals surface area contributed by atoms with Crippen LogP contribution in [0.25, 0.3) is 0 Å². The van der Waals surface area contributed by atoms with Crippen molar-refractivity contribution in [1.82, 2.24) is 10.6 Å². The first-order valence-corrected chi connectivity index (χ1v) is 10.3. The van der Waals surface area contributed by atoms with Gasteiger partial charge in [-0.05, 0) is 55.0 Å². The number of carbonyl (C=O) groups excluding carboxylic acids is 1. The van der Waals surface area contributed by atoms with E-state index in [2.05, 4.69) is 41.8 Å². The predicted molar refractivity (Wildman–Crippen MR) is 120 cm³/mol. The normalized spacial score (nSPS) is 12.9. The lowest BCUT2D eigenvalue weighted by Crippen LogP contribution is -2.38. The zero-order valence-electron chi connectivity index (χ0n) is 17.8. The van der Waals surface area contributed by atoms with E-state index in [0.29, 0.717) is 5.56 Å². The molecule has 2 N–H and O–H groups in total. The quantitative estimate of drug-likeness (QED) is 0.542. The number of aryl methyl sites for hydroxylation is 3. The minimum absolute atomic E-state index is 0.0969. The molecule has 1 amide bonds. The van der Waals surface area contributed by atoms with Crippen molar-refractivity contribution < 1.29 is 9.18 Å². The third kappa shape index (κ3) is 5.55. The molecule has 0 saturated carbocycles. The van der Waals surface area contributed by atoms with Gasteiger partial charge >= 0.3 is 0 Å². The van der Waals surface area contributed by atoms with Gasteiger partial charge in [0.25, 0.3) is 0 Å². The Morgan fingerprint density at radius 3 is 2.27 bits per heavy atom. The first-order valence-electron chi connectivity index (χ1n) is 10.3. The summed E-state index contributed by atoms with van der Waals surface area (Å²) in [6.45, 7) is 3.84. The van der Waals surface area contributed by atoms with Gasteiger partial charge in [0.1, 0.15) is 11.9 Å². The summed E-state index contributed by atoms with van der Waals surface area (Å²) < 4.78 is 13.9. The van der Waals surface area contributed by atoms with E-state index in [-0.39, 0.29) is 17.8 Å². The van der Waals surface area contributed by atoms with E-state index in [0.717, 1.165) is 24.0 Å². The Morgan fingerprint density at radius 2 is 1.63 bits per heavy atom. The van der Waals surface area contributed by atoms with Crippen LogP contribution in [0.15, 0.2) is 72.8 Å². The molecule has 3 aromatic rings. The zero-order chi connectivity index (χ0) is 21.5. The molecule has 4 heteroatoms. The molecule has 0 aliphatic heterocycles. The topological polar surface area (TPSA) is 41.1 Å². The van der Waals surface area contributed by atoms with Gasteiger partial charge < -0.3 is 5.32 Å². The van der Waals surface area contributed by atoms with Crippen molar-refractivity contribution in [2.45, 2.75) is 38.8 Å². The van der Waals surface area contributed by atoms with Gasteiger partial charge in [0.05, 0.1) is 0 Å². The van der Waals surface area contributed by atoms with E-state index in [4.69, 9.17) is 0 Å². The third-order valence-electron chi connectivity index (χ3n) is 5.44. The maximum atomic E-state index is 13.9. The fourth-order valence-corrected chi connectivity index (χ4v) is 3.61. The number of halogens is 1. The number of hydrogen-bond donors (Lipinski definition) is 2. The first kappa shape index (κ1) is 21.7. The summed E-state index contributed by atoms with van der Waals surface area (Å²) in [5.41, 5.74) is 4.95. The number of benzene rings is 3. The largest absolute Gasteiger partial charge is 0.358 e. The smallest absolute Gasteiger partial charge is 0.241 e. The summed E-state index contributed by atoms with van der Waals surface area (Å²) >= 11 is 0. The molecular weight excluding hydrogens is 375 g/mol. The lowest BCUT2D eigenvalue weighted by Gasteiger charge is -2.26. The molecule has 0 aliphatic rings. The molecule has 3 rings (SSSR count). The minimum atomic E-state index is -0.496. The van der Waals surface area contributed by atoms with Crippen LogP contribution in [0.3, 0.4) is 0 Å². The Kier molecular flexibility index (Phi) is 7.36. The molecule has 0 aromatic heterocycles. The summed E-state index contributed by atoms with van der Waals surface area (Å²) in [7, 11) is 1.64. The van der Waals surface area contributed by atoms with Gasteiger partial charge in [-0.15, -0.1) is 0 Å². The molecule has 0 fully saturated rings. The number of likely N-dealkylation sites (N-methyl/N-ethyl adjacent to an activating group) is 1. The summed E-state index contributed by atoms with van der Waals surface area (Å²) in [4.78, 5) is 12.7. The number of nitrogens with one attached hydrogen (secondary N) is 2. The van der Waals surface area contributed by atoms with Crippen molar-refractivity contribution >= 4 is 5.91 Å².